The van der Waals surface area contributed by atoms with E-state index in [4.69, 9.17) is 5.73 Å². The molecule has 2 aromatic rings. The number of benzene rings is 1. The molecule has 2 unspecified atom stereocenters. The van der Waals surface area contributed by atoms with Gasteiger partial charge >= 0.3 is 0 Å². The minimum atomic E-state index is -0.268. The number of nitrogens with two attached hydrogens (primary N) is 1. The zero-order valence-electron chi connectivity index (χ0n) is 12.3. The molecule has 2 heteroatoms. The van der Waals surface area contributed by atoms with Gasteiger partial charge in [-0.15, -0.1) is 11.3 Å². The fraction of sp³-hybridized carbons (Fsp3) is 0.333. The minimum Gasteiger partial charge on any atom is -0.320 e. The first kappa shape index (κ1) is 13.6. The Balaban J connectivity index is 2.20. The second-order valence-electron chi connectivity index (χ2n) is 6.16. The van der Waals surface area contributed by atoms with Crippen LogP contribution in [-0.4, -0.2) is 0 Å². The van der Waals surface area contributed by atoms with Gasteiger partial charge in [0.2, 0.25) is 0 Å². The fourth-order valence-corrected chi connectivity index (χ4v) is 4.32. The second-order valence-corrected chi connectivity index (χ2v) is 7.08. The lowest BCUT2D eigenvalue weighted by molar-refractivity contribution is 0.285. The highest BCUT2D eigenvalue weighted by Gasteiger charge is 2.39. The molecule has 0 spiro atoms. The Bertz CT molecular complexity index is 634. The van der Waals surface area contributed by atoms with E-state index < -0.39 is 0 Å². The Hall–Kier alpha value is -1.38. The molecule has 0 saturated heterocycles. The third-order valence-electron chi connectivity index (χ3n) is 4.29. The lowest BCUT2D eigenvalue weighted by Gasteiger charge is -2.39. The molecule has 0 fully saturated rings. The van der Waals surface area contributed by atoms with Gasteiger partial charge in [-0.3, -0.25) is 0 Å². The van der Waals surface area contributed by atoms with Crippen molar-refractivity contribution in [3.63, 3.8) is 0 Å². The van der Waals surface area contributed by atoms with Crippen LogP contribution in [0, 0.1) is 11.8 Å². The molecule has 0 bridgehead atoms. The van der Waals surface area contributed by atoms with E-state index in [0.717, 1.165) is 0 Å². The number of thiophene rings is 1. The summed E-state index contributed by atoms with van der Waals surface area (Å²) in [5.41, 5.74) is 10.3. The van der Waals surface area contributed by atoms with Crippen LogP contribution in [0.3, 0.4) is 0 Å². The van der Waals surface area contributed by atoms with Gasteiger partial charge < -0.3 is 5.73 Å². The average molecular weight is 283 g/mol. The third-order valence-corrected chi connectivity index (χ3v) is 5.45. The van der Waals surface area contributed by atoms with Gasteiger partial charge in [-0.2, -0.15) is 0 Å². The Morgan fingerprint density at radius 1 is 1.15 bits per heavy atom. The smallest absolute Gasteiger partial charge is 0.0547 e. The predicted molar refractivity (Wildman–Crippen MR) is 87.7 cm³/mol. The van der Waals surface area contributed by atoms with E-state index in [9.17, 15) is 0 Å². The maximum Gasteiger partial charge on any atom is 0.0547 e. The summed E-state index contributed by atoms with van der Waals surface area (Å²) in [7, 11) is 0. The summed E-state index contributed by atoms with van der Waals surface area (Å²) in [6, 6.07) is 12.8. The lowest BCUT2D eigenvalue weighted by atomic mass is 9.71. The monoisotopic (exact) mass is 283 g/mol. The molecule has 2 atom stereocenters. The summed E-state index contributed by atoms with van der Waals surface area (Å²) in [4.78, 5) is 1.32. The normalized spacial score (nSPS) is 25.4. The van der Waals surface area contributed by atoms with Gasteiger partial charge in [0, 0.05) is 10.8 Å². The van der Waals surface area contributed by atoms with Crippen molar-refractivity contribution >= 4 is 16.9 Å². The standard InChI is InChI=1S/C18H21NS/c1-12(2)16-11-15(13-7-5-4-6-8-13)14-9-10-20-17(14)18(16,3)19/h4-12,16H,19H2,1-3H3. The molecule has 1 aromatic heterocycles. The third kappa shape index (κ3) is 2.04. The Morgan fingerprint density at radius 3 is 2.50 bits per heavy atom. The van der Waals surface area contributed by atoms with Crippen LogP contribution >= 0.6 is 11.3 Å². The first-order valence-electron chi connectivity index (χ1n) is 7.16. The topological polar surface area (TPSA) is 26.0 Å². The maximum absolute atomic E-state index is 6.69. The highest BCUT2D eigenvalue weighted by Crippen LogP contribution is 2.46. The molecule has 2 N–H and O–H groups in total. The fourth-order valence-electron chi connectivity index (χ4n) is 3.29. The van der Waals surface area contributed by atoms with Crippen molar-refractivity contribution in [2.75, 3.05) is 0 Å². The molecule has 1 heterocycles. The van der Waals surface area contributed by atoms with E-state index in [1.54, 1.807) is 11.3 Å². The number of fused-ring (bicyclic) bond motifs is 1. The first-order valence-corrected chi connectivity index (χ1v) is 8.04. The van der Waals surface area contributed by atoms with Crippen LogP contribution in [0.5, 0.6) is 0 Å². The van der Waals surface area contributed by atoms with Crippen LogP contribution in [-0.2, 0) is 5.54 Å². The van der Waals surface area contributed by atoms with Crippen molar-refractivity contribution in [1.82, 2.24) is 0 Å². The van der Waals surface area contributed by atoms with Crippen molar-refractivity contribution in [3.8, 4) is 0 Å². The highest BCUT2D eigenvalue weighted by molar-refractivity contribution is 7.10. The molecule has 0 saturated carbocycles. The van der Waals surface area contributed by atoms with Gasteiger partial charge in [0.15, 0.2) is 0 Å². The molecule has 0 radical (unpaired) electrons. The van der Waals surface area contributed by atoms with Gasteiger partial charge in [-0.25, -0.2) is 0 Å². The molecule has 0 amide bonds. The lowest BCUT2D eigenvalue weighted by Crippen LogP contribution is -2.44. The molecule has 1 nitrogen and oxygen atoms in total. The Kier molecular flexibility index (Phi) is 3.31. The summed E-state index contributed by atoms with van der Waals surface area (Å²) in [6.07, 6.45) is 2.38. The predicted octanol–water partition coefficient (Wildman–Crippen LogP) is 4.64. The van der Waals surface area contributed by atoms with Crippen LogP contribution in [0.2, 0.25) is 0 Å². The Labute approximate surface area is 125 Å². The van der Waals surface area contributed by atoms with Crippen molar-refractivity contribution in [3.05, 3.63) is 63.9 Å². The highest BCUT2D eigenvalue weighted by atomic mass is 32.1. The molecule has 1 aliphatic carbocycles. The van der Waals surface area contributed by atoms with E-state index in [1.165, 1.54) is 21.6 Å². The van der Waals surface area contributed by atoms with E-state index in [2.05, 4.69) is 68.6 Å². The summed E-state index contributed by atoms with van der Waals surface area (Å²) >= 11 is 1.79. The summed E-state index contributed by atoms with van der Waals surface area (Å²) in [5, 5.41) is 2.16. The zero-order valence-corrected chi connectivity index (χ0v) is 13.1. The van der Waals surface area contributed by atoms with Crippen LogP contribution in [0.1, 0.15) is 36.8 Å². The van der Waals surface area contributed by atoms with Crippen molar-refractivity contribution in [1.29, 1.82) is 0 Å². The first-order chi connectivity index (χ1) is 9.51. The van der Waals surface area contributed by atoms with Gasteiger partial charge in [-0.1, -0.05) is 50.3 Å². The minimum absolute atomic E-state index is 0.268. The largest absolute Gasteiger partial charge is 0.320 e. The summed E-state index contributed by atoms with van der Waals surface area (Å²) in [6.45, 7) is 6.69. The molecule has 0 aliphatic heterocycles. The SMILES string of the molecule is CC(C)C1C=C(c2ccccc2)c2ccsc2C1(C)N. The van der Waals surface area contributed by atoms with Gasteiger partial charge in [0.25, 0.3) is 0 Å². The molecule has 104 valence electrons. The Morgan fingerprint density at radius 2 is 1.85 bits per heavy atom. The quantitative estimate of drug-likeness (QED) is 0.853. The van der Waals surface area contributed by atoms with Gasteiger partial charge in [0.05, 0.1) is 5.54 Å². The summed E-state index contributed by atoms with van der Waals surface area (Å²) in [5.74, 6) is 0.891. The van der Waals surface area contributed by atoms with Crippen LogP contribution in [0.15, 0.2) is 47.9 Å². The number of hydrogen-bond acceptors (Lipinski definition) is 2. The zero-order chi connectivity index (χ0) is 14.3. The van der Waals surface area contributed by atoms with E-state index in [-0.39, 0.29) is 5.54 Å². The second kappa shape index (κ2) is 4.87. The average Bonchev–Trinajstić information content (AvgIpc) is 2.90. The van der Waals surface area contributed by atoms with E-state index >= 15 is 0 Å². The molecule has 1 aliphatic rings. The van der Waals surface area contributed by atoms with Crippen LogP contribution in [0.25, 0.3) is 5.57 Å². The van der Waals surface area contributed by atoms with E-state index in [1.807, 2.05) is 0 Å². The van der Waals surface area contributed by atoms with E-state index in [0.29, 0.717) is 11.8 Å². The summed E-state index contributed by atoms with van der Waals surface area (Å²) < 4.78 is 0. The van der Waals surface area contributed by atoms with Gasteiger partial charge in [-0.05, 0) is 41.0 Å². The van der Waals surface area contributed by atoms with Crippen molar-refractivity contribution in [2.24, 2.45) is 17.6 Å². The number of rotatable bonds is 2. The van der Waals surface area contributed by atoms with Crippen molar-refractivity contribution < 1.29 is 0 Å². The van der Waals surface area contributed by atoms with Gasteiger partial charge in [0.1, 0.15) is 0 Å². The molecular weight excluding hydrogens is 262 g/mol. The molecular formula is C18H21NS. The molecule has 1 aromatic carbocycles. The maximum atomic E-state index is 6.69. The van der Waals surface area contributed by atoms with Crippen LogP contribution < -0.4 is 5.73 Å². The van der Waals surface area contributed by atoms with Crippen LogP contribution in [0.4, 0.5) is 0 Å². The molecule has 3 rings (SSSR count). The molecule has 20 heavy (non-hydrogen) atoms. The number of hydrogen-bond donors (Lipinski definition) is 1. The van der Waals surface area contributed by atoms with Crippen molar-refractivity contribution in [2.45, 2.75) is 26.3 Å².